The van der Waals surface area contributed by atoms with Gasteiger partial charge in [0.25, 0.3) is 0 Å². The normalized spacial score (nSPS) is 13.5. The number of amides is 1. The Hall–Kier alpha value is -2.69. The molecule has 27 heavy (non-hydrogen) atoms. The molecule has 2 aromatic carbocycles. The third-order valence-electron chi connectivity index (χ3n) is 4.64. The standard InChI is InChI=1S/C22H27NO4/c1-15(2)12-19(17-6-8-18(25-3)9-7-17)23-22(24)11-5-16-4-10-20-21(13-16)27-14-26-20/h4,6-10,13,15,19H,5,11-12,14H2,1-3H3,(H,23,24). The number of carbonyl (C=O) groups is 1. The van der Waals surface area contributed by atoms with Gasteiger partial charge in [-0.2, -0.15) is 0 Å². The van der Waals surface area contributed by atoms with Gasteiger partial charge in [-0.3, -0.25) is 4.79 Å². The predicted octanol–water partition coefficient (Wildman–Crippen LogP) is 4.26. The van der Waals surface area contributed by atoms with Crippen molar-refractivity contribution in [1.82, 2.24) is 5.32 Å². The largest absolute Gasteiger partial charge is 0.497 e. The second-order valence-corrected chi connectivity index (χ2v) is 7.21. The Labute approximate surface area is 160 Å². The fraction of sp³-hybridized carbons (Fsp3) is 0.409. The van der Waals surface area contributed by atoms with Crippen molar-refractivity contribution in [3.63, 3.8) is 0 Å². The summed E-state index contributed by atoms with van der Waals surface area (Å²) in [5, 5.41) is 3.19. The van der Waals surface area contributed by atoms with Crippen LogP contribution < -0.4 is 19.5 Å². The molecule has 1 unspecified atom stereocenters. The quantitative estimate of drug-likeness (QED) is 0.755. The Morgan fingerprint density at radius 3 is 2.56 bits per heavy atom. The van der Waals surface area contributed by atoms with Crippen LogP contribution in [0.5, 0.6) is 17.2 Å². The van der Waals surface area contributed by atoms with E-state index in [1.807, 2.05) is 42.5 Å². The lowest BCUT2D eigenvalue weighted by Gasteiger charge is -2.21. The Balaban J connectivity index is 1.60. The first kappa shape index (κ1) is 19.1. The Bertz CT molecular complexity index is 770. The molecular formula is C22H27NO4. The van der Waals surface area contributed by atoms with Crippen molar-refractivity contribution in [3.05, 3.63) is 53.6 Å². The van der Waals surface area contributed by atoms with E-state index in [4.69, 9.17) is 14.2 Å². The van der Waals surface area contributed by atoms with Gasteiger partial charge in [0.1, 0.15) is 5.75 Å². The van der Waals surface area contributed by atoms with E-state index in [-0.39, 0.29) is 18.7 Å². The minimum Gasteiger partial charge on any atom is -0.497 e. The van der Waals surface area contributed by atoms with Crippen LogP contribution in [0.2, 0.25) is 0 Å². The van der Waals surface area contributed by atoms with Gasteiger partial charge < -0.3 is 19.5 Å². The predicted molar refractivity (Wildman–Crippen MR) is 104 cm³/mol. The molecule has 0 spiro atoms. The minimum absolute atomic E-state index is 0.000148. The molecule has 2 aromatic rings. The summed E-state index contributed by atoms with van der Waals surface area (Å²) in [5.41, 5.74) is 2.17. The summed E-state index contributed by atoms with van der Waals surface area (Å²) in [6.07, 6.45) is 1.99. The number of aryl methyl sites for hydroxylation is 1. The molecule has 1 aliphatic rings. The molecule has 0 radical (unpaired) electrons. The zero-order chi connectivity index (χ0) is 19.2. The zero-order valence-electron chi connectivity index (χ0n) is 16.2. The molecule has 144 valence electrons. The fourth-order valence-electron chi connectivity index (χ4n) is 3.21. The van der Waals surface area contributed by atoms with Gasteiger partial charge in [-0.1, -0.05) is 32.0 Å². The molecule has 3 rings (SSSR count). The first-order valence-electron chi connectivity index (χ1n) is 9.37. The maximum atomic E-state index is 12.5. The number of carbonyl (C=O) groups excluding carboxylic acids is 1. The molecule has 0 fully saturated rings. The summed E-state index contributed by atoms with van der Waals surface area (Å²) in [6, 6.07) is 13.7. The molecule has 1 N–H and O–H groups in total. The maximum Gasteiger partial charge on any atom is 0.231 e. The smallest absolute Gasteiger partial charge is 0.231 e. The number of nitrogens with one attached hydrogen (secondary N) is 1. The third kappa shape index (κ3) is 5.16. The van der Waals surface area contributed by atoms with Crippen molar-refractivity contribution in [3.8, 4) is 17.2 Å². The summed E-state index contributed by atoms with van der Waals surface area (Å²) in [7, 11) is 1.65. The van der Waals surface area contributed by atoms with Gasteiger partial charge in [0.15, 0.2) is 11.5 Å². The van der Waals surface area contributed by atoms with Crippen molar-refractivity contribution in [2.45, 2.75) is 39.2 Å². The van der Waals surface area contributed by atoms with E-state index in [9.17, 15) is 4.79 Å². The monoisotopic (exact) mass is 369 g/mol. The number of rotatable bonds is 8. The molecule has 1 amide bonds. The molecular weight excluding hydrogens is 342 g/mol. The topological polar surface area (TPSA) is 56.8 Å². The lowest BCUT2D eigenvalue weighted by molar-refractivity contribution is -0.121. The van der Waals surface area contributed by atoms with E-state index >= 15 is 0 Å². The highest BCUT2D eigenvalue weighted by molar-refractivity contribution is 5.76. The number of hydrogen-bond acceptors (Lipinski definition) is 4. The van der Waals surface area contributed by atoms with Crippen molar-refractivity contribution in [2.24, 2.45) is 5.92 Å². The van der Waals surface area contributed by atoms with E-state index in [0.717, 1.165) is 34.8 Å². The van der Waals surface area contributed by atoms with E-state index < -0.39 is 0 Å². The molecule has 1 heterocycles. The van der Waals surface area contributed by atoms with Gasteiger partial charge in [0.2, 0.25) is 12.7 Å². The van der Waals surface area contributed by atoms with Gasteiger partial charge in [0.05, 0.1) is 13.2 Å². The number of methoxy groups -OCH3 is 1. The SMILES string of the molecule is COc1ccc(C(CC(C)C)NC(=O)CCc2ccc3c(c2)OCO3)cc1. The molecule has 1 atom stereocenters. The van der Waals surface area contributed by atoms with Gasteiger partial charge in [-0.15, -0.1) is 0 Å². The Morgan fingerprint density at radius 1 is 1.11 bits per heavy atom. The molecule has 0 saturated carbocycles. The van der Waals surface area contributed by atoms with Crippen LogP contribution >= 0.6 is 0 Å². The zero-order valence-corrected chi connectivity index (χ0v) is 16.2. The molecule has 5 heteroatoms. The Morgan fingerprint density at radius 2 is 1.85 bits per heavy atom. The maximum absolute atomic E-state index is 12.5. The number of fused-ring (bicyclic) bond motifs is 1. The van der Waals surface area contributed by atoms with Crippen LogP contribution in [0.4, 0.5) is 0 Å². The van der Waals surface area contributed by atoms with E-state index in [1.54, 1.807) is 7.11 Å². The first-order valence-corrected chi connectivity index (χ1v) is 9.37. The molecule has 0 aliphatic carbocycles. The van der Waals surface area contributed by atoms with Crippen molar-refractivity contribution in [2.75, 3.05) is 13.9 Å². The van der Waals surface area contributed by atoms with E-state index in [1.165, 1.54) is 0 Å². The highest BCUT2D eigenvalue weighted by atomic mass is 16.7. The highest BCUT2D eigenvalue weighted by Gasteiger charge is 2.17. The summed E-state index contributed by atoms with van der Waals surface area (Å²) in [5.74, 6) is 2.86. The van der Waals surface area contributed by atoms with Crippen LogP contribution in [0.3, 0.4) is 0 Å². The van der Waals surface area contributed by atoms with Gasteiger partial charge >= 0.3 is 0 Å². The average molecular weight is 369 g/mol. The summed E-state index contributed by atoms with van der Waals surface area (Å²) in [4.78, 5) is 12.5. The van der Waals surface area contributed by atoms with E-state index in [2.05, 4.69) is 19.2 Å². The van der Waals surface area contributed by atoms with Crippen molar-refractivity contribution >= 4 is 5.91 Å². The summed E-state index contributed by atoms with van der Waals surface area (Å²) < 4.78 is 15.9. The third-order valence-corrected chi connectivity index (χ3v) is 4.64. The minimum atomic E-state index is 0.000148. The first-order chi connectivity index (χ1) is 13.0. The lowest BCUT2D eigenvalue weighted by Crippen LogP contribution is -2.29. The van der Waals surface area contributed by atoms with Gasteiger partial charge in [0, 0.05) is 6.42 Å². The van der Waals surface area contributed by atoms with Crippen LogP contribution in [0.15, 0.2) is 42.5 Å². The van der Waals surface area contributed by atoms with Gasteiger partial charge in [-0.05, 0) is 54.2 Å². The van der Waals surface area contributed by atoms with E-state index in [0.29, 0.717) is 18.8 Å². The average Bonchev–Trinajstić information content (AvgIpc) is 3.13. The van der Waals surface area contributed by atoms with Crippen molar-refractivity contribution < 1.29 is 19.0 Å². The second-order valence-electron chi connectivity index (χ2n) is 7.21. The number of ether oxygens (including phenoxy) is 3. The fourth-order valence-corrected chi connectivity index (χ4v) is 3.21. The van der Waals surface area contributed by atoms with Crippen LogP contribution in [-0.2, 0) is 11.2 Å². The van der Waals surface area contributed by atoms with Crippen LogP contribution in [-0.4, -0.2) is 19.8 Å². The van der Waals surface area contributed by atoms with Crippen LogP contribution in [0.1, 0.15) is 43.9 Å². The second kappa shape index (κ2) is 8.80. The molecule has 1 aliphatic heterocycles. The van der Waals surface area contributed by atoms with Crippen LogP contribution in [0, 0.1) is 5.92 Å². The molecule has 5 nitrogen and oxygen atoms in total. The molecule has 0 aromatic heterocycles. The highest BCUT2D eigenvalue weighted by Crippen LogP contribution is 2.32. The number of benzene rings is 2. The van der Waals surface area contributed by atoms with Crippen LogP contribution in [0.25, 0.3) is 0 Å². The lowest BCUT2D eigenvalue weighted by atomic mass is 9.96. The Kier molecular flexibility index (Phi) is 6.22. The van der Waals surface area contributed by atoms with Crippen molar-refractivity contribution in [1.29, 1.82) is 0 Å². The summed E-state index contributed by atoms with van der Waals surface area (Å²) >= 11 is 0. The molecule has 0 saturated heterocycles. The number of hydrogen-bond donors (Lipinski definition) is 1. The molecule has 0 bridgehead atoms. The summed E-state index contributed by atoms with van der Waals surface area (Å²) in [6.45, 7) is 4.59. The van der Waals surface area contributed by atoms with Gasteiger partial charge in [-0.25, -0.2) is 0 Å².